The Bertz CT molecular complexity index is 215. The second-order valence-electron chi connectivity index (χ2n) is 2.98. The lowest BCUT2D eigenvalue weighted by atomic mass is 10.2. The highest BCUT2D eigenvalue weighted by molar-refractivity contribution is 5.74. The van der Waals surface area contributed by atoms with Crippen LogP contribution in [0, 0.1) is 0 Å². The summed E-state index contributed by atoms with van der Waals surface area (Å²) in [5.74, 6) is 0.833. The Kier molecular flexibility index (Phi) is 7.72. The van der Waals surface area contributed by atoms with Gasteiger partial charge in [-0.2, -0.15) is 0 Å². The summed E-state index contributed by atoms with van der Waals surface area (Å²) in [6.07, 6.45) is 2.67. The fourth-order valence-electron chi connectivity index (χ4n) is 1.33. The van der Waals surface area contributed by atoms with E-state index < -0.39 is 0 Å². The first kappa shape index (κ1) is 14.0. The molecule has 4 nitrogen and oxygen atoms in total. The van der Waals surface area contributed by atoms with E-state index in [1.807, 2.05) is 25.7 Å². The minimum Gasteiger partial charge on any atom is -0.331 e. The fourth-order valence-corrected chi connectivity index (χ4v) is 1.33. The summed E-state index contributed by atoms with van der Waals surface area (Å²) in [6.45, 7) is 9.50. The lowest BCUT2D eigenvalue weighted by molar-refractivity contribution is -0.105. The van der Waals surface area contributed by atoms with Crippen molar-refractivity contribution in [1.29, 1.82) is 0 Å². The van der Waals surface area contributed by atoms with Crippen LogP contribution in [0.5, 0.6) is 0 Å². The molecule has 0 aliphatic carbocycles. The summed E-state index contributed by atoms with van der Waals surface area (Å²) in [5.41, 5.74) is 3.54. The summed E-state index contributed by atoms with van der Waals surface area (Å²) in [5, 5.41) is 0. The average Bonchev–Trinajstić information content (AvgIpc) is 2.72. The maximum atomic E-state index is 10.7. The van der Waals surface area contributed by atoms with E-state index in [9.17, 15) is 4.79 Å². The number of carbonyl (C=O) groups is 1. The zero-order valence-electron chi connectivity index (χ0n) is 10.2. The molecule has 1 N–H and O–H groups in total. The normalized spacial score (nSPS) is 17.7. The van der Waals surface area contributed by atoms with Crippen molar-refractivity contribution in [3.8, 4) is 0 Å². The van der Waals surface area contributed by atoms with Crippen LogP contribution in [0.25, 0.3) is 0 Å². The van der Waals surface area contributed by atoms with Crippen LogP contribution < -0.4 is 5.48 Å². The lowest BCUT2D eigenvalue weighted by Gasteiger charge is -2.16. The zero-order chi connectivity index (χ0) is 11.7. The first-order valence-corrected chi connectivity index (χ1v) is 5.64. The highest BCUT2D eigenvalue weighted by atomic mass is 16.7. The molecule has 1 rings (SSSR count). The Morgan fingerprint density at radius 2 is 2.20 bits per heavy atom. The van der Waals surface area contributed by atoms with Crippen molar-refractivity contribution in [3.05, 3.63) is 11.4 Å². The number of nitrogens with zero attached hydrogens (tertiary/aromatic N) is 1. The van der Waals surface area contributed by atoms with Gasteiger partial charge in [0.05, 0.1) is 0 Å². The van der Waals surface area contributed by atoms with Crippen molar-refractivity contribution in [2.75, 3.05) is 13.3 Å². The SMILES string of the molecule is CC.CCCN1CON/C1=C(\C=O)CC. The van der Waals surface area contributed by atoms with Gasteiger partial charge >= 0.3 is 0 Å². The molecule has 0 aromatic rings. The predicted molar refractivity (Wildman–Crippen MR) is 60.8 cm³/mol. The topological polar surface area (TPSA) is 41.6 Å². The van der Waals surface area contributed by atoms with E-state index in [2.05, 4.69) is 12.4 Å². The second kappa shape index (κ2) is 8.29. The molecule has 1 saturated heterocycles. The van der Waals surface area contributed by atoms with Crippen LogP contribution in [0.3, 0.4) is 0 Å². The molecule has 0 atom stereocenters. The van der Waals surface area contributed by atoms with Crippen molar-refractivity contribution >= 4 is 6.29 Å². The molecule has 15 heavy (non-hydrogen) atoms. The highest BCUT2D eigenvalue weighted by Gasteiger charge is 2.19. The van der Waals surface area contributed by atoms with Gasteiger partial charge in [0.1, 0.15) is 18.8 Å². The molecule has 1 aliphatic rings. The van der Waals surface area contributed by atoms with E-state index in [4.69, 9.17) is 4.84 Å². The van der Waals surface area contributed by atoms with Crippen LogP contribution >= 0.6 is 0 Å². The van der Waals surface area contributed by atoms with Crippen LogP contribution in [0.4, 0.5) is 0 Å². The number of aldehydes is 1. The molecule has 0 spiro atoms. The van der Waals surface area contributed by atoms with Crippen LogP contribution in [0.15, 0.2) is 11.4 Å². The standard InChI is InChI=1S/C9H16N2O2.C2H6/c1-3-5-11-7-13-10-9(11)8(4-2)6-12;1-2/h6,10H,3-5,7H2,1-2H3;1-2H3/b9-8+;. The molecule has 0 amide bonds. The van der Waals surface area contributed by atoms with Crippen molar-refractivity contribution in [2.45, 2.75) is 40.5 Å². The molecule has 0 aromatic heterocycles. The Morgan fingerprint density at radius 1 is 1.53 bits per heavy atom. The molecule has 1 heterocycles. The van der Waals surface area contributed by atoms with Gasteiger partial charge in [0.15, 0.2) is 0 Å². The van der Waals surface area contributed by atoms with Crippen LogP contribution in [0.1, 0.15) is 40.5 Å². The fraction of sp³-hybridized carbons (Fsp3) is 0.727. The van der Waals surface area contributed by atoms with Crippen molar-refractivity contribution in [1.82, 2.24) is 10.4 Å². The molecule has 1 fully saturated rings. The van der Waals surface area contributed by atoms with Gasteiger partial charge in [0, 0.05) is 12.1 Å². The predicted octanol–water partition coefficient (Wildman–Crippen LogP) is 2.04. The van der Waals surface area contributed by atoms with Gasteiger partial charge in [-0.05, 0) is 12.8 Å². The maximum absolute atomic E-state index is 10.7. The smallest absolute Gasteiger partial charge is 0.149 e. The Hall–Kier alpha value is -1.03. The largest absolute Gasteiger partial charge is 0.331 e. The number of nitrogens with one attached hydrogen (secondary N) is 1. The van der Waals surface area contributed by atoms with Crippen molar-refractivity contribution in [3.63, 3.8) is 0 Å². The average molecular weight is 214 g/mol. The molecular formula is C11H22N2O2. The number of hydrogen-bond acceptors (Lipinski definition) is 4. The van der Waals surface area contributed by atoms with Gasteiger partial charge in [-0.1, -0.05) is 27.7 Å². The Morgan fingerprint density at radius 3 is 2.67 bits per heavy atom. The summed E-state index contributed by atoms with van der Waals surface area (Å²) in [6, 6.07) is 0. The van der Waals surface area contributed by atoms with E-state index >= 15 is 0 Å². The molecule has 88 valence electrons. The van der Waals surface area contributed by atoms with Crippen molar-refractivity contribution < 1.29 is 9.63 Å². The van der Waals surface area contributed by atoms with E-state index in [1.54, 1.807) is 0 Å². The number of carbonyl (C=O) groups excluding carboxylic acids is 1. The molecule has 4 heteroatoms. The number of hydrogen-bond donors (Lipinski definition) is 1. The third-order valence-corrected chi connectivity index (χ3v) is 2.03. The van der Waals surface area contributed by atoms with E-state index in [1.165, 1.54) is 0 Å². The van der Waals surface area contributed by atoms with Gasteiger partial charge in [0.25, 0.3) is 0 Å². The van der Waals surface area contributed by atoms with Gasteiger partial charge < -0.3 is 4.90 Å². The first-order chi connectivity index (χ1) is 7.33. The maximum Gasteiger partial charge on any atom is 0.149 e. The van der Waals surface area contributed by atoms with Crippen LogP contribution in [-0.2, 0) is 9.63 Å². The Balaban J connectivity index is 0.000000921. The third-order valence-electron chi connectivity index (χ3n) is 2.03. The van der Waals surface area contributed by atoms with Gasteiger partial charge in [-0.3, -0.25) is 9.63 Å². The molecule has 0 saturated carbocycles. The number of rotatable bonds is 4. The van der Waals surface area contributed by atoms with E-state index in [-0.39, 0.29) is 0 Å². The van der Waals surface area contributed by atoms with Gasteiger partial charge in [-0.15, -0.1) is 0 Å². The molecule has 0 aromatic carbocycles. The number of allylic oxidation sites excluding steroid dienone is 1. The lowest BCUT2D eigenvalue weighted by Crippen LogP contribution is -2.23. The minimum absolute atomic E-state index is 0.528. The molecule has 0 unspecified atom stereocenters. The van der Waals surface area contributed by atoms with Crippen molar-refractivity contribution in [2.24, 2.45) is 0 Å². The summed E-state index contributed by atoms with van der Waals surface area (Å²) < 4.78 is 0. The molecule has 1 aliphatic heterocycles. The zero-order valence-corrected chi connectivity index (χ0v) is 10.2. The third kappa shape index (κ3) is 3.91. The minimum atomic E-state index is 0.528. The first-order valence-electron chi connectivity index (χ1n) is 5.64. The quantitative estimate of drug-likeness (QED) is 0.574. The van der Waals surface area contributed by atoms with Gasteiger partial charge in [0.2, 0.25) is 0 Å². The van der Waals surface area contributed by atoms with Crippen LogP contribution in [-0.4, -0.2) is 24.5 Å². The second-order valence-corrected chi connectivity index (χ2v) is 2.98. The highest BCUT2D eigenvalue weighted by Crippen LogP contribution is 2.14. The monoisotopic (exact) mass is 214 g/mol. The molecule has 0 bridgehead atoms. The Labute approximate surface area is 92.2 Å². The number of hydroxylamine groups is 1. The molecular weight excluding hydrogens is 192 g/mol. The summed E-state index contributed by atoms with van der Waals surface area (Å²) in [4.78, 5) is 17.8. The van der Waals surface area contributed by atoms with E-state index in [0.717, 1.165) is 37.1 Å². The van der Waals surface area contributed by atoms with Crippen LogP contribution in [0.2, 0.25) is 0 Å². The van der Waals surface area contributed by atoms with Gasteiger partial charge in [-0.25, -0.2) is 5.48 Å². The molecule has 0 radical (unpaired) electrons. The summed E-state index contributed by atoms with van der Waals surface area (Å²) >= 11 is 0. The summed E-state index contributed by atoms with van der Waals surface area (Å²) in [7, 11) is 0. The van der Waals surface area contributed by atoms with E-state index in [0.29, 0.717) is 6.73 Å².